The molecule has 3 fully saturated rings. The lowest BCUT2D eigenvalue weighted by Gasteiger charge is -2.30. The normalized spacial score (nSPS) is 21.1. The second kappa shape index (κ2) is 12.2. The number of carbonyl (C=O) groups is 1. The van der Waals surface area contributed by atoms with E-state index in [1.807, 2.05) is 11.8 Å². The van der Waals surface area contributed by atoms with Gasteiger partial charge in [-0.05, 0) is 101 Å². The van der Waals surface area contributed by atoms with Gasteiger partial charge in [0.1, 0.15) is 10.5 Å². The van der Waals surface area contributed by atoms with Gasteiger partial charge < -0.3 is 0 Å². The second-order valence-electron chi connectivity index (χ2n) is 10.7. The lowest BCUT2D eigenvalue weighted by Crippen LogP contribution is -2.35. The molecule has 2 aromatic carbocycles. The molecule has 3 saturated carbocycles. The van der Waals surface area contributed by atoms with Crippen molar-refractivity contribution in [1.29, 1.82) is 0 Å². The molecule has 0 spiro atoms. The van der Waals surface area contributed by atoms with E-state index in [4.69, 9.17) is 0 Å². The first kappa shape index (κ1) is 24.5. The molecular weight excluding hydrogens is 452 g/mol. The Kier molecular flexibility index (Phi) is 8.77. The highest BCUT2D eigenvalue weighted by Gasteiger charge is 2.41. The average Bonchev–Trinajstić information content (AvgIpc) is 2.92. The first-order valence-corrected chi connectivity index (χ1v) is 16.1. The predicted octanol–water partition coefficient (Wildman–Crippen LogP) is 9.24. The molecule has 0 unspecified atom stereocenters. The number of benzene rings is 2. The van der Waals surface area contributed by atoms with Crippen LogP contribution < -0.4 is 0 Å². The summed E-state index contributed by atoms with van der Waals surface area (Å²) < 4.78 is 0. The second-order valence-corrected chi connectivity index (χ2v) is 14.4. The molecule has 1 nitrogen and oxygen atoms in total. The summed E-state index contributed by atoms with van der Waals surface area (Å²) in [5.74, 6) is 0.611. The van der Waals surface area contributed by atoms with Crippen molar-refractivity contribution < 1.29 is 4.79 Å². The van der Waals surface area contributed by atoms with Crippen LogP contribution in [0.1, 0.15) is 107 Å². The Morgan fingerprint density at radius 3 is 1.53 bits per heavy atom. The van der Waals surface area contributed by atoms with Gasteiger partial charge in [0, 0.05) is 32.2 Å². The van der Waals surface area contributed by atoms with E-state index < -0.39 is 0 Å². The Hall–Kier alpha value is -1.19. The van der Waals surface area contributed by atoms with Crippen LogP contribution in [-0.4, -0.2) is 16.3 Å². The first-order valence-electron chi connectivity index (χ1n) is 13.9. The maximum absolute atomic E-state index is 12.8. The fourth-order valence-corrected chi connectivity index (χ4v) is 10.6. The van der Waals surface area contributed by atoms with E-state index in [0.717, 1.165) is 28.9 Å². The van der Waals surface area contributed by atoms with E-state index in [2.05, 4.69) is 48.5 Å². The molecule has 3 aliphatic carbocycles. The molecule has 5 rings (SSSR count). The van der Waals surface area contributed by atoms with E-state index in [-0.39, 0.29) is 5.92 Å². The predicted molar refractivity (Wildman–Crippen MR) is 147 cm³/mol. The highest BCUT2D eigenvalue weighted by Crippen LogP contribution is 2.39. The van der Waals surface area contributed by atoms with Gasteiger partial charge in [-0.3, -0.25) is 4.79 Å². The van der Waals surface area contributed by atoms with Gasteiger partial charge in [-0.25, -0.2) is 0 Å². The van der Waals surface area contributed by atoms with E-state index in [9.17, 15) is 4.79 Å². The van der Waals surface area contributed by atoms with Crippen molar-refractivity contribution in [2.24, 2.45) is 5.92 Å². The Labute approximate surface area is 214 Å². The monoisotopic (exact) mass is 493 g/mol. The average molecular weight is 494 g/mol. The third-order valence-electron chi connectivity index (χ3n) is 8.27. The van der Waals surface area contributed by atoms with Crippen LogP contribution in [-0.2, 0) is 10.9 Å². The van der Waals surface area contributed by atoms with Crippen LogP contribution in [0.15, 0.2) is 63.2 Å². The molecule has 3 aliphatic rings. The number of carbonyl (C=O) groups excluding carboxylic acids is 1. The summed E-state index contributed by atoms with van der Waals surface area (Å²) >= 11 is 1.83. The standard InChI is InChI=1S/C31H41OS2/c32-31(24-10-4-1-5-11-24)25-16-18-26(19-17-25)33-27-20-22-30(23-21-27)34(28-12-6-2-7-13-28)29-14-8-3-9-15-29/h16-24,28-29H,1-15H2/q+1. The highest BCUT2D eigenvalue weighted by molar-refractivity contribution is 7.99. The number of rotatable bonds is 7. The largest absolute Gasteiger partial charge is 0.294 e. The number of ketones is 1. The van der Waals surface area contributed by atoms with Gasteiger partial charge in [0.05, 0.1) is 0 Å². The van der Waals surface area contributed by atoms with Crippen LogP contribution in [0.5, 0.6) is 0 Å². The molecule has 0 aliphatic heterocycles. The minimum atomic E-state index is 0.252. The summed E-state index contributed by atoms with van der Waals surface area (Å²) in [6.07, 6.45) is 20.3. The van der Waals surface area contributed by atoms with Crippen molar-refractivity contribution in [3.63, 3.8) is 0 Å². The molecule has 0 radical (unpaired) electrons. The molecule has 0 N–H and O–H groups in total. The Morgan fingerprint density at radius 1 is 0.588 bits per heavy atom. The molecule has 0 saturated heterocycles. The van der Waals surface area contributed by atoms with Gasteiger partial charge in [0.2, 0.25) is 0 Å². The van der Waals surface area contributed by atoms with Crippen molar-refractivity contribution in [2.75, 3.05) is 0 Å². The Bertz CT molecular complexity index is 883. The SMILES string of the molecule is O=C(c1ccc(Sc2ccc([S+](C3CCCCC3)C3CCCCC3)cc2)cc1)C1CCCCC1. The zero-order valence-corrected chi connectivity index (χ0v) is 22.3. The van der Waals surface area contributed by atoms with E-state index in [1.54, 1.807) is 4.90 Å². The zero-order chi connectivity index (χ0) is 23.2. The topological polar surface area (TPSA) is 17.1 Å². The van der Waals surface area contributed by atoms with Crippen molar-refractivity contribution in [3.05, 3.63) is 54.1 Å². The zero-order valence-electron chi connectivity index (χ0n) is 20.7. The summed E-state index contributed by atoms with van der Waals surface area (Å²) in [5, 5.41) is 1.84. The van der Waals surface area contributed by atoms with Crippen LogP contribution in [0.3, 0.4) is 0 Å². The lowest BCUT2D eigenvalue weighted by molar-refractivity contribution is 0.0889. The van der Waals surface area contributed by atoms with Gasteiger partial charge in [-0.15, -0.1) is 0 Å². The van der Waals surface area contributed by atoms with E-state index in [1.165, 1.54) is 93.3 Å². The molecule has 0 amide bonds. The van der Waals surface area contributed by atoms with Gasteiger partial charge in [-0.1, -0.05) is 56.0 Å². The highest BCUT2D eigenvalue weighted by atomic mass is 32.2. The fraction of sp³-hybridized carbons (Fsp3) is 0.581. The molecule has 182 valence electrons. The van der Waals surface area contributed by atoms with Gasteiger partial charge in [0.25, 0.3) is 0 Å². The van der Waals surface area contributed by atoms with Crippen LogP contribution in [0, 0.1) is 5.92 Å². The maximum Gasteiger partial charge on any atom is 0.165 e. The molecule has 3 heteroatoms. The molecule has 34 heavy (non-hydrogen) atoms. The summed E-state index contributed by atoms with van der Waals surface area (Å²) in [6.45, 7) is 0. The van der Waals surface area contributed by atoms with Gasteiger partial charge in [0.15, 0.2) is 10.7 Å². The van der Waals surface area contributed by atoms with Crippen LogP contribution in [0.25, 0.3) is 0 Å². The molecular formula is C31H41OS2+. The van der Waals surface area contributed by atoms with Crippen molar-refractivity contribution in [3.8, 4) is 0 Å². The summed E-state index contributed by atoms with van der Waals surface area (Å²) in [6, 6.07) is 18.0. The maximum atomic E-state index is 12.8. The lowest BCUT2D eigenvalue weighted by atomic mass is 9.84. The summed E-state index contributed by atoms with van der Waals surface area (Å²) in [5.41, 5.74) is 0.899. The van der Waals surface area contributed by atoms with Gasteiger partial charge >= 0.3 is 0 Å². The number of hydrogen-bond donors (Lipinski definition) is 0. The third kappa shape index (κ3) is 6.13. The van der Waals surface area contributed by atoms with Crippen LogP contribution >= 0.6 is 11.8 Å². The minimum absolute atomic E-state index is 0.252. The first-order chi connectivity index (χ1) is 16.8. The quantitative estimate of drug-likeness (QED) is 0.282. The molecule has 0 atom stereocenters. The molecule has 0 aromatic heterocycles. The van der Waals surface area contributed by atoms with Crippen molar-refractivity contribution in [1.82, 2.24) is 0 Å². The van der Waals surface area contributed by atoms with Crippen molar-refractivity contribution >= 4 is 28.4 Å². The van der Waals surface area contributed by atoms with Gasteiger partial charge in [-0.2, -0.15) is 0 Å². The van der Waals surface area contributed by atoms with Crippen LogP contribution in [0.4, 0.5) is 0 Å². The Morgan fingerprint density at radius 2 is 1.03 bits per heavy atom. The van der Waals surface area contributed by atoms with E-state index in [0.29, 0.717) is 16.7 Å². The smallest absolute Gasteiger partial charge is 0.165 e. The molecule has 0 bridgehead atoms. The Balaban J connectivity index is 1.25. The van der Waals surface area contributed by atoms with E-state index >= 15 is 0 Å². The fourth-order valence-electron chi connectivity index (χ4n) is 6.38. The molecule has 0 heterocycles. The number of hydrogen-bond acceptors (Lipinski definition) is 2. The molecule has 2 aromatic rings. The third-order valence-corrected chi connectivity index (χ3v) is 12.5. The summed E-state index contributed by atoms with van der Waals surface area (Å²) in [7, 11) is 0.427. The minimum Gasteiger partial charge on any atom is -0.294 e. The van der Waals surface area contributed by atoms with Crippen molar-refractivity contribution in [2.45, 2.75) is 121 Å². The number of Topliss-reactive ketones (excluding diaryl/α,β-unsaturated/α-hetero) is 1. The summed E-state index contributed by atoms with van der Waals surface area (Å²) in [4.78, 5) is 17.0. The van der Waals surface area contributed by atoms with Crippen LogP contribution in [0.2, 0.25) is 0 Å².